The van der Waals surface area contributed by atoms with E-state index in [2.05, 4.69) is 5.32 Å². The Morgan fingerprint density at radius 3 is 2.83 bits per heavy atom. The summed E-state index contributed by atoms with van der Waals surface area (Å²) in [5.74, 6) is -0.447. The topological polar surface area (TPSA) is 119 Å². The van der Waals surface area contributed by atoms with E-state index in [0.717, 1.165) is 6.42 Å². The Labute approximate surface area is 140 Å². The van der Waals surface area contributed by atoms with E-state index in [-0.39, 0.29) is 17.5 Å². The minimum Gasteiger partial charge on any atom is -0.354 e. The van der Waals surface area contributed by atoms with Crippen molar-refractivity contribution < 1.29 is 14.5 Å². The summed E-state index contributed by atoms with van der Waals surface area (Å²) >= 11 is 0. The van der Waals surface area contributed by atoms with Crippen molar-refractivity contribution in [2.45, 2.75) is 32.2 Å². The Morgan fingerprint density at radius 1 is 1.46 bits per heavy atom. The van der Waals surface area contributed by atoms with Gasteiger partial charge >= 0.3 is 0 Å². The second-order valence-electron chi connectivity index (χ2n) is 5.85. The Bertz CT molecular complexity index is 647. The van der Waals surface area contributed by atoms with Crippen LogP contribution in [0.2, 0.25) is 0 Å². The van der Waals surface area contributed by atoms with Crippen molar-refractivity contribution in [2.24, 2.45) is 5.73 Å². The standard InChI is InChI=1S/C16H22N4O4/c1-11-10-12(5-6-13(11)20(23)24)16(22)19-9-2-4-14(19)15(21)18-8-3-7-17/h5-6,10,14H,2-4,7-9,17H2,1H3,(H,18,21). The van der Waals surface area contributed by atoms with Crippen LogP contribution in [0.25, 0.3) is 0 Å². The molecule has 1 fully saturated rings. The molecule has 0 aromatic heterocycles. The third-order valence-electron chi connectivity index (χ3n) is 4.14. The summed E-state index contributed by atoms with van der Waals surface area (Å²) in [6.45, 7) is 3.08. The fourth-order valence-corrected chi connectivity index (χ4v) is 2.87. The number of likely N-dealkylation sites (tertiary alicyclic amines) is 1. The van der Waals surface area contributed by atoms with Crippen LogP contribution in [0.15, 0.2) is 18.2 Å². The van der Waals surface area contributed by atoms with E-state index in [1.54, 1.807) is 11.8 Å². The number of amides is 2. The summed E-state index contributed by atoms with van der Waals surface area (Å²) in [5, 5.41) is 13.7. The van der Waals surface area contributed by atoms with Crippen molar-refractivity contribution in [3.63, 3.8) is 0 Å². The van der Waals surface area contributed by atoms with E-state index >= 15 is 0 Å². The quantitative estimate of drug-likeness (QED) is 0.456. The molecule has 0 bridgehead atoms. The molecule has 0 saturated carbocycles. The molecule has 2 rings (SSSR count). The number of nitrogens with zero attached hydrogens (tertiary/aromatic N) is 2. The fourth-order valence-electron chi connectivity index (χ4n) is 2.87. The molecule has 8 nitrogen and oxygen atoms in total. The van der Waals surface area contributed by atoms with E-state index in [1.165, 1.54) is 18.2 Å². The van der Waals surface area contributed by atoms with E-state index in [9.17, 15) is 19.7 Å². The molecule has 0 aliphatic carbocycles. The van der Waals surface area contributed by atoms with Crippen molar-refractivity contribution in [3.8, 4) is 0 Å². The third-order valence-corrected chi connectivity index (χ3v) is 4.14. The van der Waals surface area contributed by atoms with E-state index in [1.807, 2.05) is 0 Å². The second kappa shape index (κ2) is 7.87. The van der Waals surface area contributed by atoms with Crippen molar-refractivity contribution in [1.82, 2.24) is 10.2 Å². The lowest BCUT2D eigenvalue weighted by molar-refractivity contribution is -0.385. The highest BCUT2D eigenvalue weighted by Gasteiger charge is 2.34. The van der Waals surface area contributed by atoms with Gasteiger partial charge in [-0.2, -0.15) is 0 Å². The molecule has 3 N–H and O–H groups in total. The van der Waals surface area contributed by atoms with Crippen molar-refractivity contribution in [3.05, 3.63) is 39.4 Å². The van der Waals surface area contributed by atoms with E-state index < -0.39 is 11.0 Å². The van der Waals surface area contributed by atoms with Crippen LogP contribution in [0.4, 0.5) is 5.69 Å². The Hall–Kier alpha value is -2.48. The smallest absolute Gasteiger partial charge is 0.272 e. The Morgan fingerprint density at radius 2 is 2.21 bits per heavy atom. The van der Waals surface area contributed by atoms with Crippen LogP contribution in [-0.4, -0.2) is 47.3 Å². The first-order valence-electron chi connectivity index (χ1n) is 7.99. The average molecular weight is 334 g/mol. The van der Waals surface area contributed by atoms with E-state index in [0.29, 0.717) is 43.6 Å². The molecule has 1 aromatic rings. The first kappa shape index (κ1) is 17.9. The Kier molecular flexibility index (Phi) is 5.86. The molecule has 1 saturated heterocycles. The normalized spacial score (nSPS) is 16.9. The fraction of sp³-hybridized carbons (Fsp3) is 0.500. The van der Waals surface area contributed by atoms with Crippen LogP contribution in [-0.2, 0) is 4.79 Å². The number of aryl methyl sites for hydroxylation is 1. The summed E-state index contributed by atoms with van der Waals surface area (Å²) in [5.41, 5.74) is 6.17. The SMILES string of the molecule is Cc1cc(C(=O)N2CCCC2C(=O)NCCCN)ccc1[N+](=O)[O-]. The number of nitro benzene ring substituents is 1. The maximum Gasteiger partial charge on any atom is 0.272 e. The van der Waals surface area contributed by atoms with Crippen LogP contribution < -0.4 is 11.1 Å². The van der Waals surface area contributed by atoms with Gasteiger partial charge in [0, 0.05) is 30.3 Å². The molecule has 1 aliphatic rings. The maximum atomic E-state index is 12.7. The summed E-state index contributed by atoms with van der Waals surface area (Å²) < 4.78 is 0. The molecular weight excluding hydrogens is 312 g/mol. The number of nitro groups is 1. The van der Waals surface area contributed by atoms with Crippen LogP contribution in [0.1, 0.15) is 35.2 Å². The first-order chi connectivity index (χ1) is 11.5. The molecule has 1 unspecified atom stereocenters. The first-order valence-corrected chi connectivity index (χ1v) is 7.99. The van der Waals surface area contributed by atoms with Crippen LogP contribution in [0.5, 0.6) is 0 Å². The molecular formula is C16H22N4O4. The zero-order valence-corrected chi connectivity index (χ0v) is 13.7. The number of hydrogen-bond acceptors (Lipinski definition) is 5. The summed E-state index contributed by atoms with van der Waals surface area (Å²) in [6.07, 6.45) is 2.06. The number of carbonyl (C=O) groups excluding carboxylic acids is 2. The van der Waals surface area contributed by atoms with Gasteiger partial charge in [-0.25, -0.2) is 0 Å². The molecule has 0 spiro atoms. The lowest BCUT2D eigenvalue weighted by Crippen LogP contribution is -2.46. The lowest BCUT2D eigenvalue weighted by atomic mass is 10.1. The van der Waals surface area contributed by atoms with Crippen molar-refractivity contribution in [2.75, 3.05) is 19.6 Å². The lowest BCUT2D eigenvalue weighted by Gasteiger charge is -2.24. The van der Waals surface area contributed by atoms with Gasteiger partial charge in [-0.3, -0.25) is 19.7 Å². The van der Waals surface area contributed by atoms with Gasteiger partial charge in [0.25, 0.3) is 11.6 Å². The van der Waals surface area contributed by atoms with Gasteiger partial charge in [-0.05, 0) is 44.9 Å². The van der Waals surface area contributed by atoms with Gasteiger partial charge in [-0.15, -0.1) is 0 Å². The third kappa shape index (κ3) is 3.88. The van der Waals surface area contributed by atoms with Gasteiger partial charge in [0.1, 0.15) is 6.04 Å². The second-order valence-corrected chi connectivity index (χ2v) is 5.85. The predicted molar refractivity (Wildman–Crippen MR) is 88.6 cm³/mol. The van der Waals surface area contributed by atoms with Gasteiger partial charge in [0.15, 0.2) is 0 Å². The van der Waals surface area contributed by atoms with Crippen LogP contribution in [0, 0.1) is 17.0 Å². The largest absolute Gasteiger partial charge is 0.354 e. The van der Waals surface area contributed by atoms with Crippen molar-refractivity contribution >= 4 is 17.5 Å². The number of hydrogen-bond donors (Lipinski definition) is 2. The molecule has 1 aliphatic heterocycles. The van der Waals surface area contributed by atoms with Gasteiger partial charge < -0.3 is 16.0 Å². The highest BCUT2D eigenvalue weighted by molar-refractivity contribution is 5.98. The van der Waals surface area contributed by atoms with E-state index in [4.69, 9.17) is 5.73 Å². The summed E-state index contributed by atoms with van der Waals surface area (Å²) in [6, 6.07) is 3.78. The van der Waals surface area contributed by atoms with Gasteiger partial charge in [-0.1, -0.05) is 0 Å². The minimum atomic E-state index is -0.495. The summed E-state index contributed by atoms with van der Waals surface area (Å²) in [4.78, 5) is 36.9. The predicted octanol–water partition coefficient (Wildman–Crippen LogP) is 0.973. The van der Waals surface area contributed by atoms with Crippen molar-refractivity contribution in [1.29, 1.82) is 0 Å². The minimum absolute atomic E-state index is 0.0240. The Balaban J connectivity index is 2.11. The number of nitrogens with one attached hydrogen (secondary N) is 1. The zero-order valence-electron chi connectivity index (χ0n) is 13.7. The molecule has 0 radical (unpaired) electrons. The number of rotatable bonds is 6. The number of benzene rings is 1. The molecule has 1 atom stereocenters. The highest BCUT2D eigenvalue weighted by Crippen LogP contribution is 2.23. The summed E-state index contributed by atoms with van der Waals surface area (Å²) in [7, 11) is 0. The van der Waals surface area contributed by atoms with Crippen LogP contribution >= 0.6 is 0 Å². The van der Waals surface area contributed by atoms with Gasteiger partial charge in [0.2, 0.25) is 5.91 Å². The average Bonchev–Trinajstić information content (AvgIpc) is 3.03. The molecule has 1 heterocycles. The highest BCUT2D eigenvalue weighted by atomic mass is 16.6. The van der Waals surface area contributed by atoms with Gasteiger partial charge in [0.05, 0.1) is 4.92 Å². The monoisotopic (exact) mass is 334 g/mol. The number of nitrogens with two attached hydrogens (primary N) is 1. The molecule has 1 aromatic carbocycles. The van der Waals surface area contributed by atoms with Crippen LogP contribution in [0.3, 0.4) is 0 Å². The molecule has 24 heavy (non-hydrogen) atoms. The molecule has 2 amide bonds. The molecule has 130 valence electrons. The number of carbonyl (C=O) groups is 2. The maximum absolute atomic E-state index is 12.7. The zero-order chi connectivity index (χ0) is 17.7. The molecule has 8 heteroatoms.